The molecule has 0 amide bonds. The third-order valence-electron chi connectivity index (χ3n) is 4.00. The molecule has 0 bridgehead atoms. The Morgan fingerprint density at radius 1 is 1.35 bits per heavy atom. The fraction of sp³-hybridized carbons (Fsp3) is 0.562. The molecule has 7 heteroatoms. The number of aliphatic imine (C=N–C) groups is 1. The first-order chi connectivity index (χ1) is 10.7. The van der Waals surface area contributed by atoms with Crippen LogP contribution < -0.4 is 5.32 Å². The van der Waals surface area contributed by atoms with E-state index in [2.05, 4.69) is 10.3 Å². The molecule has 0 unspecified atom stereocenters. The van der Waals surface area contributed by atoms with Gasteiger partial charge in [0.05, 0.1) is 17.0 Å². The normalized spacial score (nSPS) is 20.3. The Kier molecular flexibility index (Phi) is 5.57. The van der Waals surface area contributed by atoms with Crippen LogP contribution in [-0.2, 0) is 16.4 Å². The van der Waals surface area contributed by atoms with Gasteiger partial charge in [0.2, 0.25) is 0 Å². The Bertz CT molecular complexity index is 669. The van der Waals surface area contributed by atoms with Gasteiger partial charge in [0.15, 0.2) is 15.8 Å². The summed E-state index contributed by atoms with van der Waals surface area (Å²) in [4.78, 5) is 6.67. The molecule has 1 saturated heterocycles. The minimum Gasteiger partial charge on any atom is -0.357 e. The number of guanidine groups is 1. The maximum absolute atomic E-state index is 12.1. The van der Waals surface area contributed by atoms with E-state index < -0.39 is 14.6 Å². The van der Waals surface area contributed by atoms with E-state index in [0.717, 1.165) is 18.1 Å². The van der Waals surface area contributed by atoms with E-state index in [1.165, 1.54) is 0 Å². The smallest absolute Gasteiger partial charge is 0.194 e. The summed E-state index contributed by atoms with van der Waals surface area (Å²) in [6, 6.07) is 7.58. The Hall–Kier alpha value is -1.27. The van der Waals surface area contributed by atoms with Crippen molar-refractivity contribution in [1.82, 2.24) is 10.2 Å². The van der Waals surface area contributed by atoms with E-state index in [-0.39, 0.29) is 5.75 Å². The lowest BCUT2D eigenvalue weighted by molar-refractivity contribution is 0.353. The van der Waals surface area contributed by atoms with Gasteiger partial charge >= 0.3 is 0 Å². The van der Waals surface area contributed by atoms with Gasteiger partial charge in [-0.05, 0) is 38.5 Å². The summed E-state index contributed by atoms with van der Waals surface area (Å²) >= 11 is 5.89. The molecule has 128 valence electrons. The fourth-order valence-corrected chi connectivity index (χ4v) is 4.00. The molecule has 1 N–H and O–H groups in total. The van der Waals surface area contributed by atoms with E-state index in [1.807, 2.05) is 36.1 Å². The van der Waals surface area contributed by atoms with Crippen LogP contribution in [0.5, 0.6) is 0 Å². The number of rotatable bonds is 3. The molecule has 5 nitrogen and oxygen atoms in total. The number of hydrogen-bond donors (Lipinski definition) is 1. The second-order valence-electron chi connectivity index (χ2n) is 6.30. The molecule has 1 fully saturated rings. The molecular weight excluding hydrogens is 334 g/mol. The standard InChI is InChI=1S/C16H24ClN3O2S/c1-4-18-15(19-11-13-5-7-14(17)8-6-13)20-9-10-23(21,22)16(2,3)12-20/h5-8H,4,9-12H2,1-3H3,(H,18,19). The first-order valence-electron chi connectivity index (χ1n) is 7.75. The quantitative estimate of drug-likeness (QED) is 0.666. The van der Waals surface area contributed by atoms with Gasteiger partial charge in [0, 0.05) is 24.7 Å². The highest BCUT2D eigenvalue weighted by Crippen LogP contribution is 2.23. The first-order valence-corrected chi connectivity index (χ1v) is 9.78. The van der Waals surface area contributed by atoms with Gasteiger partial charge < -0.3 is 10.2 Å². The molecule has 1 heterocycles. The monoisotopic (exact) mass is 357 g/mol. The largest absolute Gasteiger partial charge is 0.357 e. The fourth-order valence-electron chi connectivity index (χ4n) is 2.51. The van der Waals surface area contributed by atoms with Crippen molar-refractivity contribution in [2.45, 2.75) is 32.1 Å². The lowest BCUT2D eigenvalue weighted by Crippen LogP contribution is -2.57. The van der Waals surface area contributed by atoms with Crippen molar-refractivity contribution in [2.75, 3.05) is 25.4 Å². The van der Waals surface area contributed by atoms with Gasteiger partial charge in [-0.2, -0.15) is 0 Å². The van der Waals surface area contributed by atoms with Crippen LogP contribution in [0.4, 0.5) is 0 Å². The Morgan fingerprint density at radius 2 is 2.00 bits per heavy atom. The molecule has 0 atom stereocenters. The van der Waals surface area contributed by atoms with Crippen molar-refractivity contribution in [2.24, 2.45) is 4.99 Å². The van der Waals surface area contributed by atoms with Gasteiger partial charge in [-0.15, -0.1) is 0 Å². The van der Waals surface area contributed by atoms with Crippen LogP contribution in [0.2, 0.25) is 5.02 Å². The number of benzene rings is 1. The third kappa shape index (κ3) is 4.38. The van der Waals surface area contributed by atoms with Crippen LogP contribution in [0.25, 0.3) is 0 Å². The number of nitrogens with one attached hydrogen (secondary N) is 1. The molecular formula is C16H24ClN3O2S. The second kappa shape index (κ2) is 7.09. The summed E-state index contributed by atoms with van der Waals surface area (Å²) in [6.07, 6.45) is 0. The summed E-state index contributed by atoms with van der Waals surface area (Å²) < 4.78 is 23.5. The van der Waals surface area contributed by atoms with Crippen molar-refractivity contribution in [3.8, 4) is 0 Å². The lowest BCUT2D eigenvalue weighted by Gasteiger charge is -2.39. The first kappa shape index (κ1) is 18.1. The molecule has 1 aromatic rings. The Balaban J connectivity index is 2.15. The lowest BCUT2D eigenvalue weighted by atomic mass is 10.2. The molecule has 2 rings (SSSR count). The Labute approximate surface area is 143 Å². The minimum absolute atomic E-state index is 0.158. The zero-order valence-corrected chi connectivity index (χ0v) is 15.4. The van der Waals surface area contributed by atoms with Gasteiger partial charge in [-0.25, -0.2) is 13.4 Å². The number of nitrogens with zero attached hydrogens (tertiary/aromatic N) is 2. The summed E-state index contributed by atoms with van der Waals surface area (Å²) in [6.45, 7) is 7.74. The SMILES string of the molecule is CCNC(=NCc1ccc(Cl)cc1)N1CCS(=O)(=O)C(C)(C)C1. The number of hydrogen-bond acceptors (Lipinski definition) is 3. The zero-order valence-electron chi connectivity index (χ0n) is 13.8. The van der Waals surface area contributed by atoms with Gasteiger partial charge in [-0.1, -0.05) is 23.7 Å². The number of sulfone groups is 1. The van der Waals surface area contributed by atoms with Crippen molar-refractivity contribution in [3.05, 3.63) is 34.9 Å². The van der Waals surface area contributed by atoms with Crippen molar-refractivity contribution in [1.29, 1.82) is 0 Å². The molecule has 1 aliphatic heterocycles. The summed E-state index contributed by atoms with van der Waals surface area (Å²) in [5, 5.41) is 3.96. The summed E-state index contributed by atoms with van der Waals surface area (Å²) in [5.41, 5.74) is 1.06. The van der Waals surface area contributed by atoms with Crippen LogP contribution in [0, 0.1) is 0 Å². The highest BCUT2D eigenvalue weighted by atomic mass is 35.5. The van der Waals surface area contributed by atoms with Crippen LogP contribution in [0.15, 0.2) is 29.3 Å². The predicted molar refractivity (Wildman–Crippen MR) is 95.7 cm³/mol. The number of halogens is 1. The van der Waals surface area contributed by atoms with Gasteiger partial charge in [-0.3, -0.25) is 0 Å². The van der Waals surface area contributed by atoms with Crippen molar-refractivity contribution in [3.63, 3.8) is 0 Å². The zero-order chi connectivity index (χ0) is 17.1. The average Bonchev–Trinajstić information content (AvgIpc) is 2.48. The van der Waals surface area contributed by atoms with E-state index in [9.17, 15) is 8.42 Å². The molecule has 0 spiro atoms. The van der Waals surface area contributed by atoms with Crippen LogP contribution in [0.1, 0.15) is 26.3 Å². The van der Waals surface area contributed by atoms with Crippen LogP contribution >= 0.6 is 11.6 Å². The maximum Gasteiger partial charge on any atom is 0.194 e. The minimum atomic E-state index is -3.05. The molecule has 0 radical (unpaired) electrons. The van der Waals surface area contributed by atoms with Crippen LogP contribution in [-0.4, -0.2) is 49.4 Å². The molecule has 0 saturated carbocycles. The van der Waals surface area contributed by atoms with E-state index in [1.54, 1.807) is 13.8 Å². The summed E-state index contributed by atoms with van der Waals surface area (Å²) in [7, 11) is -3.05. The molecule has 1 aliphatic rings. The van der Waals surface area contributed by atoms with Crippen molar-refractivity contribution < 1.29 is 8.42 Å². The average molecular weight is 358 g/mol. The second-order valence-corrected chi connectivity index (χ2v) is 9.48. The van der Waals surface area contributed by atoms with E-state index >= 15 is 0 Å². The summed E-state index contributed by atoms with van der Waals surface area (Å²) in [5.74, 6) is 0.913. The molecule has 0 aromatic heterocycles. The highest BCUT2D eigenvalue weighted by molar-refractivity contribution is 7.92. The van der Waals surface area contributed by atoms with Gasteiger partial charge in [0.25, 0.3) is 0 Å². The van der Waals surface area contributed by atoms with E-state index in [4.69, 9.17) is 11.6 Å². The topological polar surface area (TPSA) is 61.8 Å². The van der Waals surface area contributed by atoms with Gasteiger partial charge in [0.1, 0.15) is 0 Å². The van der Waals surface area contributed by atoms with Crippen LogP contribution in [0.3, 0.4) is 0 Å². The Morgan fingerprint density at radius 3 is 2.57 bits per heavy atom. The predicted octanol–water partition coefficient (Wildman–Crippen LogP) is 2.31. The molecule has 23 heavy (non-hydrogen) atoms. The van der Waals surface area contributed by atoms with E-state index in [0.29, 0.717) is 24.7 Å². The maximum atomic E-state index is 12.1. The third-order valence-corrected chi connectivity index (χ3v) is 6.79. The highest BCUT2D eigenvalue weighted by Gasteiger charge is 2.40. The molecule has 1 aromatic carbocycles. The van der Waals surface area contributed by atoms with Crippen molar-refractivity contribution >= 4 is 27.4 Å². The molecule has 0 aliphatic carbocycles.